The van der Waals surface area contributed by atoms with E-state index in [1.165, 1.54) is 7.11 Å². The van der Waals surface area contributed by atoms with E-state index in [1.807, 2.05) is 6.07 Å². The van der Waals surface area contributed by atoms with E-state index in [0.717, 1.165) is 14.5 Å². The second-order valence-electron chi connectivity index (χ2n) is 2.87. The van der Waals surface area contributed by atoms with Crippen LogP contribution < -0.4 is 0 Å². The van der Waals surface area contributed by atoms with Gasteiger partial charge < -0.3 is 4.74 Å². The van der Waals surface area contributed by atoms with Gasteiger partial charge in [0.1, 0.15) is 0 Å². The molecule has 0 unspecified atom stereocenters. The summed E-state index contributed by atoms with van der Waals surface area (Å²) in [6.45, 7) is 0. The molecular formula is C10H8Br2O3. The van der Waals surface area contributed by atoms with Gasteiger partial charge in [-0.3, -0.25) is 4.79 Å². The number of benzene rings is 1. The highest BCUT2D eigenvalue weighted by atomic mass is 79.9. The van der Waals surface area contributed by atoms with Crippen LogP contribution in [0, 0.1) is 0 Å². The molecule has 1 rings (SSSR count). The van der Waals surface area contributed by atoms with Crippen molar-refractivity contribution in [3.05, 3.63) is 32.7 Å². The molecule has 0 fully saturated rings. The van der Waals surface area contributed by atoms with Crippen molar-refractivity contribution in [3.63, 3.8) is 0 Å². The first-order chi connectivity index (χ1) is 7.02. The van der Waals surface area contributed by atoms with Gasteiger partial charge in [-0.25, -0.2) is 4.79 Å². The summed E-state index contributed by atoms with van der Waals surface area (Å²) in [6.07, 6.45) is 0.0463. The van der Waals surface area contributed by atoms with Gasteiger partial charge >= 0.3 is 5.97 Å². The Bertz CT molecular complexity index is 381. The lowest BCUT2D eigenvalue weighted by atomic mass is 10.1. The lowest BCUT2D eigenvalue weighted by Crippen LogP contribution is -2.17. The van der Waals surface area contributed by atoms with Gasteiger partial charge in [-0.2, -0.15) is 0 Å². The fraction of sp³-hybridized carbons (Fsp3) is 0.200. The van der Waals surface area contributed by atoms with E-state index < -0.39 is 11.8 Å². The zero-order valence-corrected chi connectivity index (χ0v) is 11.1. The number of methoxy groups -OCH3 is 1. The Balaban J connectivity index is 2.81. The van der Waals surface area contributed by atoms with Crippen LogP contribution in [0.25, 0.3) is 0 Å². The quantitative estimate of drug-likeness (QED) is 0.629. The minimum atomic E-state index is -0.814. The fourth-order valence-electron chi connectivity index (χ4n) is 1.08. The number of carbonyl (C=O) groups excluding carboxylic acids is 2. The number of hydrogen-bond donors (Lipinski definition) is 0. The van der Waals surface area contributed by atoms with E-state index in [-0.39, 0.29) is 6.42 Å². The van der Waals surface area contributed by atoms with Crippen molar-refractivity contribution in [3.8, 4) is 0 Å². The monoisotopic (exact) mass is 334 g/mol. The summed E-state index contributed by atoms with van der Waals surface area (Å²) in [5, 5.41) is 0. The lowest BCUT2D eigenvalue weighted by Gasteiger charge is -2.01. The first-order valence-electron chi connectivity index (χ1n) is 4.09. The van der Waals surface area contributed by atoms with Crippen molar-refractivity contribution >= 4 is 43.6 Å². The van der Waals surface area contributed by atoms with Crippen LogP contribution in [0.4, 0.5) is 0 Å². The van der Waals surface area contributed by atoms with Crippen molar-refractivity contribution < 1.29 is 14.3 Å². The highest BCUT2D eigenvalue weighted by Crippen LogP contribution is 2.20. The van der Waals surface area contributed by atoms with Gasteiger partial charge in [-0.15, -0.1) is 0 Å². The Morgan fingerprint density at radius 3 is 2.20 bits per heavy atom. The molecule has 1 aromatic carbocycles. The summed E-state index contributed by atoms with van der Waals surface area (Å²) in [5.74, 6) is -1.37. The first-order valence-corrected chi connectivity index (χ1v) is 5.67. The second kappa shape index (κ2) is 5.42. The zero-order chi connectivity index (χ0) is 11.4. The summed E-state index contributed by atoms with van der Waals surface area (Å²) in [7, 11) is 1.19. The number of ether oxygens (including phenoxy) is 1. The molecule has 0 bridgehead atoms. The highest BCUT2D eigenvalue weighted by molar-refractivity contribution is 9.11. The van der Waals surface area contributed by atoms with E-state index in [1.54, 1.807) is 12.1 Å². The van der Waals surface area contributed by atoms with Crippen molar-refractivity contribution in [1.29, 1.82) is 0 Å². The summed E-state index contributed by atoms with van der Waals surface area (Å²) < 4.78 is 6.04. The number of carbonyl (C=O) groups is 2. The summed E-state index contributed by atoms with van der Waals surface area (Å²) in [6, 6.07) is 5.42. The fourth-order valence-corrected chi connectivity index (χ4v) is 2.47. The van der Waals surface area contributed by atoms with Crippen LogP contribution >= 0.6 is 31.9 Å². The van der Waals surface area contributed by atoms with Crippen LogP contribution in [0.15, 0.2) is 27.1 Å². The standard InChI is InChI=1S/C10H8Br2O3/c1-15-10(14)9(13)4-6-2-7(11)5-8(12)3-6/h2-3,5H,4H2,1H3. The van der Waals surface area contributed by atoms with Crippen molar-refractivity contribution in [2.75, 3.05) is 7.11 Å². The van der Waals surface area contributed by atoms with Crippen LogP contribution in [0.5, 0.6) is 0 Å². The maximum Gasteiger partial charge on any atom is 0.374 e. The maximum absolute atomic E-state index is 11.3. The molecule has 0 saturated heterocycles. The largest absolute Gasteiger partial charge is 0.463 e. The normalized spacial score (nSPS) is 9.80. The molecule has 5 heteroatoms. The van der Waals surface area contributed by atoms with Crippen molar-refractivity contribution in [2.24, 2.45) is 0 Å². The van der Waals surface area contributed by atoms with E-state index >= 15 is 0 Å². The maximum atomic E-state index is 11.3. The number of Topliss-reactive ketones (excluding diaryl/α,β-unsaturated/α-hetero) is 1. The minimum Gasteiger partial charge on any atom is -0.463 e. The van der Waals surface area contributed by atoms with Crippen LogP contribution in [0.2, 0.25) is 0 Å². The van der Waals surface area contributed by atoms with Gasteiger partial charge in [0.25, 0.3) is 0 Å². The van der Waals surface area contributed by atoms with Gasteiger partial charge in [0.05, 0.1) is 7.11 Å². The van der Waals surface area contributed by atoms with E-state index in [0.29, 0.717) is 0 Å². The Kier molecular flexibility index (Phi) is 4.47. The third-order valence-corrected chi connectivity index (χ3v) is 2.62. The molecule has 0 radical (unpaired) electrons. The zero-order valence-electron chi connectivity index (χ0n) is 7.92. The summed E-state index contributed by atoms with van der Waals surface area (Å²) in [4.78, 5) is 22.2. The molecule has 15 heavy (non-hydrogen) atoms. The van der Waals surface area contributed by atoms with E-state index in [4.69, 9.17) is 0 Å². The van der Waals surface area contributed by atoms with E-state index in [2.05, 4.69) is 36.6 Å². The molecule has 80 valence electrons. The predicted molar refractivity (Wildman–Crippen MR) is 62.6 cm³/mol. The molecule has 0 saturated carbocycles. The summed E-state index contributed by atoms with van der Waals surface area (Å²) >= 11 is 6.60. The molecule has 0 aromatic heterocycles. The number of ketones is 1. The second-order valence-corrected chi connectivity index (χ2v) is 4.70. The van der Waals surface area contributed by atoms with Crippen LogP contribution in [0.3, 0.4) is 0 Å². The molecule has 0 amide bonds. The van der Waals surface area contributed by atoms with Crippen LogP contribution in [-0.4, -0.2) is 18.9 Å². The third kappa shape index (κ3) is 3.76. The number of rotatable bonds is 3. The van der Waals surface area contributed by atoms with Gasteiger partial charge in [0.2, 0.25) is 5.78 Å². The SMILES string of the molecule is COC(=O)C(=O)Cc1cc(Br)cc(Br)c1. The van der Waals surface area contributed by atoms with Gasteiger partial charge in [0, 0.05) is 15.4 Å². The molecule has 0 N–H and O–H groups in total. The molecule has 3 nitrogen and oxygen atoms in total. The smallest absolute Gasteiger partial charge is 0.374 e. The van der Waals surface area contributed by atoms with Gasteiger partial charge in [-0.05, 0) is 23.8 Å². The Morgan fingerprint density at radius 1 is 1.20 bits per heavy atom. The number of halogens is 2. The third-order valence-electron chi connectivity index (χ3n) is 1.70. The molecule has 1 aromatic rings. The highest BCUT2D eigenvalue weighted by Gasteiger charge is 2.14. The molecule has 0 aliphatic heterocycles. The first kappa shape index (κ1) is 12.4. The number of hydrogen-bond acceptors (Lipinski definition) is 3. The molecule has 0 heterocycles. The lowest BCUT2D eigenvalue weighted by molar-refractivity contribution is -0.151. The number of esters is 1. The minimum absolute atomic E-state index is 0.0463. The Morgan fingerprint density at radius 2 is 1.73 bits per heavy atom. The molecule has 0 aliphatic carbocycles. The Hall–Kier alpha value is -0.680. The van der Waals surface area contributed by atoms with Crippen molar-refractivity contribution in [2.45, 2.75) is 6.42 Å². The molecule has 0 aliphatic rings. The van der Waals surface area contributed by atoms with Gasteiger partial charge in [-0.1, -0.05) is 31.9 Å². The Labute approximate surface area is 104 Å². The molecular weight excluding hydrogens is 328 g/mol. The van der Waals surface area contributed by atoms with Crippen molar-refractivity contribution in [1.82, 2.24) is 0 Å². The van der Waals surface area contributed by atoms with E-state index in [9.17, 15) is 9.59 Å². The predicted octanol–water partition coefficient (Wildman–Crippen LogP) is 2.50. The van der Waals surface area contributed by atoms with Crippen LogP contribution in [0.1, 0.15) is 5.56 Å². The molecule has 0 spiro atoms. The average Bonchev–Trinajstić information content (AvgIpc) is 2.14. The topological polar surface area (TPSA) is 43.4 Å². The van der Waals surface area contributed by atoms with Crippen LogP contribution in [-0.2, 0) is 20.7 Å². The van der Waals surface area contributed by atoms with Gasteiger partial charge in [0.15, 0.2) is 0 Å². The summed E-state index contributed by atoms with van der Waals surface area (Å²) in [5.41, 5.74) is 0.756. The average molecular weight is 336 g/mol. The molecule has 0 atom stereocenters.